The third-order valence-corrected chi connectivity index (χ3v) is 4.96. The fraction of sp³-hybridized carbons (Fsp3) is 0.333. The van der Waals surface area contributed by atoms with E-state index in [1.54, 1.807) is 0 Å². The molecule has 0 spiro atoms. The second kappa shape index (κ2) is 7.50. The number of piperazine rings is 1. The topological polar surface area (TPSA) is 47.3 Å². The molecule has 1 saturated heterocycles. The van der Waals surface area contributed by atoms with Gasteiger partial charge in [0.1, 0.15) is 6.04 Å². The molecular formula is C21H23N3O. The van der Waals surface area contributed by atoms with E-state index in [1.165, 1.54) is 5.56 Å². The highest BCUT2D eigenvalue weighted by Gasteiger charge is 2.27. The summed E-state index contributed by atoms with van der Waals surface area (Å²) in [4.78, 5) is 16.8. The van der Waals surface area contributed by atoms with Crippen molar-refractivity contribution in [2.24, 2.45) is 0 Å². The van der Waals surface area contributed by atoms with Crippen LogP contribution >= 0.6 is 0 Å². The first-order chi connectivity index (χ1) is 12.1. The molecule has 2 aromatic rings. The van der Waals surface area contributed by atoms with Crippen LogP contribution in [0.25, 0.3) is 0 Å². The van der Waals surface area contributed by atoms with Crippen molar-refractivity contribution >= 4 is 5.91 Å². The standard InChI is InChI=1S/C21H23N3O/c1-16-8-9-19(14-17(16)2)21(25)24-12-10-23(11-13-24)20(15-22)18-6-4-3-5-7-18/h3-9,14,20H,10-13H2,1-2H3/t20-/m1/s1. The first-order valence-electron chi connectivity index (χ1n) is 8.65. The van der Waals surface area contributed by atoms with Crippen LogP contribution in [0.4, 0.5) is 0 Å². The molecule has 1 amide bonds. The van der Waals surface area contributed by atoms with Crippen molar-refractivity contribution in [2.45, 2.75) is 19.9 Å². The van der Waals surface area contributed by atoms with E-state index in [-0.39, 0.29) is 11.9 Å². The smallest absolute Gasteiger partial charge is 0.253 e. The van der Waals surface area contributed by atoms with Crippen molar-refractivity contribution in [1.29, 1.82) is 5.26 Å². The van der Waals surface area contributed by atoms with Crippen LogP contribution in [-0.4, -0.2) is 41.9 Å². The Morgan fingerprint density at radius 1 is 1.00 bits per heavy atom. The lowest BCUT2D eigenvalue weighted by Crippen LogP contribution is -2.49. The lowest BCUT2D eigenvalue weighted by atomic mass is 10.0. The molecule has 3 rings (SSSR count). The minimum atomic E-state index is -0.250. The summed E-state index contributed by atoms with van der Waals surface area (Å²) < 4.78 is 0. The maximum absolute atomic E-state index is 12.7. The number of nitrogens with zero attached hydrogens (tertiary/aromatic N) is 3. The van der Waals surface area contributed by atoms with Gasteiger partial charge in [0, 0.05) is 31.7 Å². The SMILES string of the molecule is Cc1ccc(C(=O)N2CCN([C@H](C#N)c3ccccc3)CC2)cc1C. The molecule has 1 fully saturated rings. The quantitative estimate of drug-likeness (QED) is 0.865. The zero-order valence-corrected chi connectivity index (χ0v) is 14.8. The van der Waals surface area contributed by atoms with Crippen molar-refractivity contribution in [3.05, 3.63) is 70.8 Å². The van der Waals surface area contributed by atoms with Crippen LogP contribution in [0.1, 0.15) is 33.1 Å². The largest absolute Gasteiger partial charge is 0.336 e. The molecule has 128 valence electrons. The highest BCUT2D eigenvalue weighted by atomic mass is 16.2. The summed E-state index contributed by atoms with van der Waals surface area (Å²) in [7, 11) is 0. The van der Waals surface area contributed by atoms with Gasteiger partial charge in [0.15, 0.2) is 0 Å². The molecule has 0 unspecified atom stereocenters. The average Bonchev–Trinajstić information content (AvgIpc) is 2.65. The Labute approximate surface area is 149 Å². The van der Waals surface area contributed by atoms with Gasteiger partial charge in [-0.2, -0.15) is 5.26 Å². The lowest BCUT2D eigenvalue weighted by molar-refractivity contribution is 0.0606. The van der Waals surface area contributed by atoms with E-state index in [0.29, 0.717) is 26.2 Å². The summed E-state index contributed by atoms with van der Waals surface area (Å²) in [5, 5.41) is 9.57. The van der Waals surface area contributed by atoms with Crippen LogP contribution in [-0.2, 0) is 0 Å². The first kappa shape index (κ1) is 17.2. The maximum atomic E-state index is 12.7. The van der Waals surface area contributed by atoms with Gasteiger partial charge in [0.25, 0.3) is 5.91 Å². The van der Waals surface area contributed by atoms with E-state index in [2.05, 4.69) is 11.0 Å². The molecule has 0 N–H and O–H groups in total. The van der Waals surface area contributed by atoms with E-state index in [4.69, 9.17) is 0 Å². The Balaban J connectivity index is 1.66. The number of carbonyl (C=O) groups is 1. The monoisotopic (exact) mass is 333 g/mol. The predicted octanol–water partition coefficient (Wildman–Crippen LogP) is 3.33. The van der Waals surface area contributed by atoms with Crippen LogP contribution in [0.15, 0.2) is 48.5 Å². The zero-order valence-electron chi connectivity index (χ0n) is 14.8. The number of hydrogen-bond donors (Lipinski definition) is 0. The molecule has 1 aliphatic heterocycles. The third-order valence-electron chi connectivity index (χ3n) is 4.96. The molecule has 4 nitrogen and oxygen atoms in total. The second-order valence-corrected chi connectivity index (χ2v) is 6.57. The molecule has 0 bridgehead atoms. The van der Waals surface area contributed by atoms with Crippen molar-refractivity contribution < 1.29 is 4.79 Å². The van der Waals surface area contributed by atoms with Gasteiger partial charge in [0.2, 0.25) is 0 Å². The molecule has 0 radical (unpaired) electrons. The third kappa shape index (κ3) is 3.72. The van der Waals surface area contributed by atoms with Gasteiger partial charge in [-0.05, 0) is 42.7 Å². The number of carbonyl (C=O) groups excluding carboxylic acids is 1. The van der Waals surface area contributed by atoms with E-state index in [0.717, 1.165) is 16.7 Å². The van der Waals surface area contributed by atoms with Crippen LogP contribution in [0.3, 0.4) is 0 Å². The minimum Gasteiger partial charge on any atom is -0.336 e. The molecule has 1 aliphatic rings. The van der Waals surface area contributed by atoms with Crippen molar-refractivity contribution in [1.82, 2.24) is 9.80 Å². The molecule has 1 atom stereocenters. The number of aryl methyl sites for hydroxylation is 2. The highest BCUT2D eigenvalue weighted by molar-refractivity contribution is 5.94. The summed E-state index contributed by atoms with van der Waals surface area (Å²) in [5.74, 6) is 0.0796. The second-order valence-electron chi connectivity index (χ2n) is 6.57. The predicted molar refractivity (Wildman–Crippen MR) is 98.2 cm³/mol. The van der Waals surface area contributed by atoms with Gasteiger partial charge in [-0.15, -0.1) is 0 Å². The number of amides is 1. The minimum absolute atomic E-state index is 0.0796. The summed E-state index contributed by atoms with van der Waals surface area (Å²) in [5.41, 5.74) is 4.09. The van der Waals surface area contributed by atoms with Crippen LogP contribution in [0.5, 0.6) is 0 Å². The fourth-order valence-electron chi connectivity index (χ4n) is 3.24. The first-order valence-corrected chi connectivity index (χ1v) is 8.65. The molecular weight excluding hydrogens is 310 g/mol. The number of nitriles is 1. The van der Waals surface area contributed by atoms with Gasteiger partial charge in [-0.3, -0.25) is 9.69 Å². The molecule has 0 aliphatic carbocycles. The summed E-state index contributed by atoms with van der Waals surface area (Å²) in [6.07, 6.45) is 0. The van der Waals surface area contributed by atoms with Crippen molar-refractivity contribution in [3.63, 3.8) is 0 Å². The molecule has 0 saturated carbocycles. The molecule has 25 heavy (non-hydrogen) atoms. The maximum Gasteiger partial charge on any atom is 0.253 e. The van der Waals surface area contributed by atoms with Gasteiger partial charge in [-0.1, -0.05) is 36.4 Å². The average molecular weight is 333 g/mol. The van der Waals surface area contributed by atoms with Gasteiger partial charge in [-0.25, -0.2) is 0 Å². The fourth-order valence-corrected chi connectivity index (χ4v) is 3.24. The Hall–Kier alpha value is -2.64. The number of hydrogen-bond acceptors (Lipinski definition) is 3. The lowest BCUT2D eigenvalue weighted by Gasteiger charge is -2.37. The van der Waals surface area contributed by atoms with E-state index >= 15 is 0 Å². The Kier molecular flexibility index (Phi) is 5.16. The van der Waals surface area contributed by atoms with Gasteiger partial charge < -0.3 is 4.90 Å². The normalized spacial score (nSPS) is 16.3. The molecule has 0 aromatic heterocycles. The highest BCUT2D eigenvalue weighted by Crippen LogP contribution is 2.22. The molecule has 1 heterocycles. The summed E-state index contributed by atoms with van der Waals surface area (Å²) in [6.45, 7) is 6.80. The number of benzene rings is 2. The van der Waals surface area contributed by atoms with Crippen molar-refractivity contribution in [3.8, 4) is 6.07 Å². The van der Waals surface area contributed by atoms with Crippen molar-refractivity contribution in [2.75, 3.05) is 26.2 Å². The Bertz CT molecular complexity index is 787. The van der Waals surface area contributed by atoms with Crippen LogP contribution in [0.2, 0.25) is 0 Å². The van der Waals surface area contributed by atoms with E-state index < -0.39 is 0 Å². The molecule has 4 heteroatoms. The number of rotatable bonds is 3. The zero-order chi connectivity index (χ0) is 17.8. The van der Waals surface area contributed by atoms with Gasteiger partial charge >= 0.3 is 0 Å². The van der Waals surface area contributed by atoms with E-state index in [1.807, 2.05) is 67.3 Å². The van der Waals surface area contributed by atoms with Crippen LogP contribution in [0, 0.1) is 25.2 Å². The van der Waals surface area contributed by atoms with E-state index in [9.17, 15) is 10.1 Å². The Morgan fingerprint density at radius 2 is 1.68 bits per heavy atom. The van der Waals surface area contributed by atoms with Crippen LogP contribution < -0.4 is 0 Å². The Morgan fingerprint density at radius 3 is 2.28 bits per heavy atom. The van der Waals surface area contributed by atoms with Gasteiger partial charge in [0.05, 0.1) is 6.07 Å². The molecule has 2 aromatic carbocycles. The summed E-state index contributed by atoms with van der Waals surface area (Å²) in [6, 6.07) is 17.9. The summed E-state index contributed by atoms with van der Waals surface area (Å²) >= 11 is 0.